The van der Waals surface area contributed by atoms with Crippen LogP contribution in [0.3, 0.4) is 0 Å². The maximum Gasteiger partial charge on any atom is 1.00 e. The van der Waals surface area contributed by atoms with Crippen LogP contribution in [0, 0.1) is 13.8 Å². The first-order valence-corrected chi connectivity index (χ1v) is 13.6. The molecule has 0 fully saturated rings. The topological polar surface area (TPSA) is 140 Å². The van der Waals surface area contributed by atoms with Crippen molar-refractivity contribution in [2.24, 2.45) is 0 Å². The Labute approximate surface area is 281 Å². The molecule has 8 nitrogen and oxygen atoms in total. The zero-order chi connectivity index (χ0) is 25.8. The van der Waals surface area contributed by atoms with E-state index in [1.807, 2.05) is 24.3 Å². The third-order valence-corrected chi connectivity index (χ3v) is 7.54. The Morgan fingerprint density at radius 3 is 1.28 bits per heavy atom. The predicted molar refractivity (Wildman–Crippen MR) is 133 cm³/mol. The third kappa shape index (κ3) is 7.01. The summed E-state index contributed by atoms with van der Waals surface area (Å²) < 4.78 is 69.5. The number of nitrogens with zero attached hydrogens (tertiary/aromatic N) is 2. The van der Waals surface area contributed by atoms with E-state index in [4.69, 9.17) is 9.97 Å². The molecule has 0 saturated carbocycles. The maximum absolute atomic E-state index is 11.6. The molecule has 193 valence electrons. The minimum Gasteiger partial charge on any atom is -0.744 e. The summed E-state index contributed by atoms with van der Waals surface area (Å²) in [6, 6.07) is 18.9. The minimum absolute atomic E-state index is 0. The zero-order valence-corrected chi connectivity index (χ0v) is 28.0. The van der Waals surface area contributed by atoms with Crippen molar-refractivity contribution in [3.63, 3.8) is 0 Å². The second-order valence-electron chi connectivity index (χ2n) is 8.44. The van der Waals surface area contributed by atoms with Gasteiger partial charge in [-0.1, -0.05) is 36.4 Å². The van der Waals surface area contributed by atoms with Gasteiger partial charge in [-0.15, -0.1) is 0 Å². The number of fused-ring (bicyclic) bond motifs is 3. The van der Waals surface area contributed by atoms with Gasteiger partial charge >= 0.3 is 59.1 Å². The fraction of sp³-hybridized carbons (Fsp3) is 0.0769. The number of aryl methyl sites for hydroxylation is 2. The molecule has 13 heteroatoms. The molecule has 39 heavy (non-hydrogen) atoms. The Hall–Kier alpha value is -1.18. The van der Waals surface area contributed by atoms with Crippen LogP contribution in [0.5, 0.6) is 0 Å². The fourth-order valence-electron chi connectivity index (χ4n) is 4.35. The van der Waals surface area contributed by atoms with Crippen molar-refractivity contribution in [1.29, 1.82) is 0 Å². The summed E-state index contributed by atoms with van der Waals surface area (Å²) in [5.41, 5.74) is 4.91. The summed E-state index contributed by atoms with van der Waals surface area (Å²) in [5.74, 6) is 0. The molecular formula is C26H18CuN2Na2O6S2. The van der Waals surface area contributed by atoms with E-state index < -0.39 is 20.2 Å². The van der Waals surface area contributed by atoms with E-state index in [-0.39, 0.29) is 86.0 Å². The first-order valence-electron chi connectivity index (χ1n) is 10.8. The zero-order valence-electron chi connectivity index (χ0n) is 21.4. The fourth-order valence-corrected chi connectivity index (χ4v) is 5.38. The van der Waals surface area contributed by atoms with Gasteiger partial charge in [0.05, 0.1) is 20.8 Å². The molecule has 1 radical (unpaired) electrons. The normalized spacial score (nSPS) is 11.4. The van der Waals surface area contributed by atoms with E-state index in [1.165, 1.54) is 36.4 Å². The van der Waals surface area contributed by atoms with Gasteiger partial charge in [-0.25, -0.2) is 16.8 Å². The van der Waals surface area contributed by atoms with Crippen LogP contribution >= 0.6 is 0 Å². The van der Waals surface area contributed by atoms with Crippen LogP contribution in [0.4, 0.5) is 0 Å². The van der Waals surface area contributed by atoms with Gasteiger partial charge in [0.1, 0.15) is 20.2 Å². The van der Waals surface area contributed by atoms with Crippen molar-refractivity contribution in [3.05, 3.63) is 84.2 Å². The van der Waals surface area contributed by atoms with Crippen LogP contribution in [0.2, 0.25) is 0 Å². The Morgan fingerprint density at radius 2 is 0.949 bits per heavy atom. The molecule has 0 spiro atoms. The third-order valence-electron chi connectivity index (χ3n) is 5.88. The Kier molecular flexibility index (Phi) is 11.1. The van der Waals surface area contributed by atoms with Crippen LogP contribution in [0.15, 0.2) is 82.6 Å². The summed E-state index contributed by atoms with van der Waals surface area (Å²) >= 11 is 0. The van der Waals surface area contributed by atoms with Gasteiger partial charge in [0.25, 0.3) is 0 Å². The first kappa shape index (κ1) is 34.0. The molecular weight excluding hydrogens is 610 g/mol. The SMILES string of the molecule is Cc1cc(-c2cccc(S(=O)(=O)[O-])c2)c2ccc3c(-c4cccc(S(=O)(=O)[O-])c4)cc(C)nc3c2n1.[Cu].[Na+].[Na+]. The van der Waals surface area contributed by atoms with Crippen molar-refractivity contribution in [2.75, 3.05) is 0 Å². The van der Waals surface area contributed by atoms with Gasteiger partial charge in [0.2, 0.25) is 0 Å². The molecule has 0 aliphatic carbocycles. The summed E-state index contributed by atoms with van der Waals surface area (Å²) in [6.45, 7) is 3.60. The molecule has 0 unspecified atom stereocenters. The maximum atomic E-state index is 11.6. The number of hydrogen-bond acceptors (Lipinski definition) is 8. The van der Waals surface area contributed by atoms with Gasteiger partial charge in [-0.3, -0.25) is 9.97 Å². The predicted octanol–water partition coefficient (Wildman–Crippen LogP) is -1.45. The van der Waals surface area contributed by atoms with E-state index in [0.29, 0.717) is 55.4 Å². The molecule has 3 aromatic carbocycles. The first-order chi connectivity index (χ1) is 16.9. The smallest absolute Gasteiger partial charge is 0.744 e. The molecule has 0 amide bonds. The molecule has 0 aliphatic heterocycles. The average molecular weight is 628 g/mol. The summed E-state index contributed by atoms with van der Waals surface area (Å²) in [7, 11) is -9.26. The van der Waals surface area contributed by atoms with E-state index in [0.717, 1.165) is 0 Å². The second kappa shape index (κ2) is 12.8. The number of rotatable bonds is 4. The number of pyridine rings is 2. The van der Waals surface area contributed by atoms with Crippen LogP contribution in [-0.4, -0.2) is 35.9 Å². The number of hydrogen-bond donors (Lipinski definition) is 0. The molecule has 2 aromatic heterocycles. The van der Waals surface area contributed by atoms with Crippen molar-refractivity contribution in [3.8, 4) is 22.3 Å². The second-order valence-corrected chi connectivity index (χ2v) is 11.2. The largest absolute Gasteiger partial charge is 1.00 e. The molecule has 2 heterocycles. The molecule has 0 aliphatic rings. The number of benzene rings is 3. The van der Waals surface area contributed by atoms with Gasteiger partial charge < -0.3 is 9.11 Å². The molecule has 0 bridgehead atoms. The van der Waals surface area contributed by atoms with Crippen molar-refractivity contribution in [2.45, 2.75) is 23.6 Å². The van der Waals surface area contributed by atoms with E-state index in [2.05, 4.69) is 0 Å². The van der Waals surface area contributed by atoms with Crippen LogP contribution in [-0.2, 0) is 37.3 Å². The summed E-state index contributed by atoms with van der Waals surface area (Å²) in [6.07, 6.45) is 0. The van der Waals surface area contributed by atoms with Gasteiger partial charge in [0, 0.05) is 39.2 Å². The average Bonchev–Trinajstić information content (AvgIpc) is 2.82. The molecule has 5 rings (SSSR count). The quantitative estimate of drug-likeness (QED) is 0.134. The molecule has 0 N–H and O–H groups in total. The molecule has 0 atom stereocenters. The van der Waals surface area contributed by atoms with Crippen LogP contribution in [0.25, 0.3) is 44.1 Å². The monoisotopic (exact) mass is 627 g/mol. The summed E-state index contributed by atoms with van der Waals surface area (Å²) in [4.78, 5) is 8.76. The van der Waals surface area contributed by atoms with Gasteiger partial charge in [0.15, 0.2) is 0 Å². The Bertz CT molecular complexity index is 1790. The molecule has 0 saturated heterocycles. The van der Waals surface area contributed by atoms with Crippen LogP contribution < -0.4 is 59.1 Å². The van der Waals surface area contributed by atoms with Crippen LogP contribution in [0.1, 0.15) is 11.4 Å². The Morgan fingerprint density at radius 1 is 0.590 bits per heavy atom. The number of aromatic nitrogens is 2. The van der Waals surface area contributed by atoms with Crippen molar-refractivity contribution < 1.29 is 102 Å². The van der Waals surface area contributed by atoms with Gasteiger partial charge in [-0.2, -0.15) is 0 Å². The van der Waals surface area contributed by atoms with E-state index >= 15 is 0 Å². The standard InChI is InChI=1S/C26H20N2O6S2.Cu.2Na/c1-15-11-23(17-5-3-7-19(13-17)35(29,30)31)21-9-10-22-24(12-16(2)28-26(22)25(21)27-15)18-6-4-8-20(14-18)36(32,33)34;;;/h3-14H,1-2H3,(H,29,30,31)(H,32,33,34);;;/q;;2*+1/p-2. The Balaban J connectivity index is 0.00000178. The van der Waals surface area contributed by atoms with E-state index in [1.54, 1.807) is 26.0 Å². The minimum atomic E-state index is -4.63. The summed E-state index contributed by atoms with van der Waals surface area (Å²) in [5, 5.41) is 1.40. The molecule has 5 aromatic rings. The van der Waals surface area contributed by atoms with Crippen molar-refractivity contribution >= 4 is 42.0 Å². The van der Waals surface area contributed by atoms with Crippen molar-refractivity contribution in [1.82, 2.24) is 9.97 Å². The van der Waals surface area contributed by atoms with Gasteiger partial charge in [-0.05, 0) is 72.5 Å². The van der Waals surface area contributed by atoms with E-state index in [9.17, 15) is 25.9 Å².